The van der Waals surface area contributed by atoms with Crippen LogP contribution in [0.5, 0.6) is 5.75 Å². The lowest BCUT2D eigenvalue weighted by Gasteiger charge is -2.23. The first-order valence-corrected chi connectivity index (χ1v) is 8.06. The molecule has 1 fully saturated rings. The van der Waals surface area contributed by atoms with Crippen molar-refractivity contribution in [2.45, 2.75) is 51.5 Å². The van der Waals surface area contributed by atoms with Gasteiger partial charge in [0, 0.05) is 12.6 Å². The molecular formula is C17H27N3O. The third-order valence-corrected chi connectivity index (χ3v) is 3.85. The molecule has 0 spiro atoms. The molecule has 1 aliphatic rings. The van der Waals surface area contributed by atoms with Crippen LogP contribution in [0, 0.1) is 0 Å². The van der Waals surface area contributed by atoms with Crippen molar-refractivity contribution in [3.05, 3.63) is 29.8 Å². The van der Waals surface area contributed by atoms with Gasteiger partial charge in [-0.05, 0) is 43.9 Å². The second-order valence-electron chi connectivity index (χ2n) is 5.58. The number of nitrogens with two attached hydrogens (primary N) is 1. The van der Waals surface area contributed by atoms with E-state index >= 15 is 0 Å². The number of ether oxygens (including phenoxy) is 1. The van der Waals surface area contributed by atoms with Gasteiger partial charge in [-0.15, -0.1) is 0 Å². The molecule has 1 aliphatic carbocycles. The van der Waals surface area contributed by atoms with Gasteiger partial charge in [-0.2, -0.15) is 0 Å². The number of aliphatic imine (C=N–C) groups is 1. The van der Waals surface area contributed by atoms with Crippen LogP contribution in [0.15, 0.2) is 29.3 Å². The van der Waals surface area contributed by atoms with Crippen molar-refractivity contribution in [3.63, 3.8) is 0 Å². The van der Waals surface area contributed by atoms with Crippen molar-refractivity contribution in [2.24, 2.45) is 10.7 Å². The number of guanidine groups is 1. The molecule has 0 aromatic heterocycles. The highest BCUT2D eigenvalue weighted by Gasteiger charge is 2.13. The molecule has 0 radical (unpaired) electrons. The molecule has 0 unspecified atom stereocenters. The summed E-state index contributed by atoms with van der Waals surface area (Å²) in [6, 6.07) is 8.69. The number of hydrogen-bond donors (Lipinski definition) is 2. The van der Waals surface area contributed by atoms with Crippen LogP contribution in [0.2, 0.25) is 0 Å². The van der Waals surface area contributed by atoms with Crippen molar-refractivity contribution >= 4 is 5.96 Å². The minimum absolute atomic E-state index is 0.517. The Bertz CT molecular complexity index is 453. The molecule has 116 valence electrons. The maximum Gasteiger partial charge on any atom is 0.188 e. The molecule has 21 heavy (non-hydrogen) atoms. The predicted octanol–water partition coefficient (Wildman–Crippen LogP) is 2.86. The van der Waals surface area contributed by atoms with Crippen LogP contribution in [0.4, 0.5) is 0 Å². The van der Waals surface area contributed by atoms with Crippen molar-refractivity contribution in [2.75, 3.05) is 13.2 Å². The zero-order chi connectivity index (χ0) is 14.9. The summed E-state index contributed by atoms with van der Waals surface area (Å²) in [7, 11) is 0. The van der Waals surface area contributed by atoms with Crippen LogP contribution in [-0.4, -0.2) is 25.2 Å². The van der Waals surface area contributed by atoms with Gasteiger partial charge >= 0.3 is 0 Å². The standard InChI is InChI=1S/C17H27N3O/c1-2-21-16-10-6-7-14(13-16)11-12-19-17(18)20-15-8-4-3-5-9-15/h6-7,10,13,15H,2-5,8-9,11-12H2,1H3,(H3,18,19,20). The third-order valence-electron chi connectivity index (χ3n) is 3.85. The quantitative estimate of drug-likeness (QED) is 0.625. The Balaban J connectivity index is 1.76. The number of nitrogens with zero attached hydrogens (tertiary/aromatic N) is 1. The molecule has 2 rings (SSSR count). The van der Waals surface area contributed by atoms with Gasteiger partial charge in [0.25, 0.3) is 0 Å². The first-order chi connectivity index (χ1) is 10.3. The van der Waals surface area contributed by atoms with E-state index in [4.69, 9.17) is 10.5 Å². The summed E-state index contributed by atoms with van der Waals surface area (Å²) in [5.41, 5.74) is 7.19. The Hall–Kier alpha value is -1.71. The Labute approximate surface area is 127 Å². The fourth-order valence-corrected chi connectivity index (χ4v) is 2.76. The fourth-order valence-electron chi connectivity index (χ4n) is 2.76. The summed E-state index contributed by atoms with van der Waals surface area (Å²) in [6.07, 6.45) is 7.27. The molecule has 0 aliphatic heterocycles. The Morgan fingerprint density at radius 1 is 1.33 bits per heavy atom. The van der Waals surface area contributed by atoms with Crippen molar-refractivity contribution in [1.82, 2.24) is 5.32 Å². The minimum atomic E-state index is 0.517. The average Bonchev–Trinajstić information content (AvgIpc) is 2.49. The third kappa shape index (κ3) is 5.66. The molecule has 0 atom stereocenters. The lowest BCUT2D eigenvalue weighted by molar-refractivity contribution is 0.340. The lowest BCUT2D eigenvalue weighted by atomic mass is 9.96. The summed E-state index contributed by atoms with van der Waals surface area (Å²) in [5, 5.41) is 3.34. The van der Waals surface area contributed by atoms with E-state index in [1.54, 1.807) is 0 Å². The summed E-state index contributed by atoms with van der Waals surface area (Å²) >= 11 is 0. The summed E-state index contributed by atoms with van der Waals surface area (Å²) in [4.78, 5) is 4.43. The van der Waals surface area contributed by atoms with E-state index in [2.05, 4.69) is 22.4 Å². The second kappa shape index (κ2) is 8.55. The van der Waals surface area contributed by atoms with Gasteiger partial charge in [-0.25, -0.2) is 0 Å². The molecule has 0 saturated heterocycles. The molecule has 4 nitrogen and oxygen atoms in total. The van der Waals surface area contributed by atoms with Crippen LogP contribution in [-0.2, 0) is 6.42 Å². The molecule has 0 amide bonds. The normalized spacial score (nSPS) is 16.7. The fraction of sp³-hybridized carbons (Fsp3) is 0.588. The molecule has 0 bridgehead atoms. The van der Waals surface area contributed by atoms with E-state index in [0.717, 1.165) is 12.2 Å². The van der Waals surface area contributed by atoms with E-state index in [9.17, 15) is 0 Å². The van der Waals surface area contributed by atoms with Gasteiger partial charge in [-0.3, -0.25) is 4.99 Å². The smallest absolute Gasteiger partial charge is 0.188 e. The van der Waals surface area contributed by atoms with E-state index in [0.29, 0.717) is 25.2 Å². The molecule has 1 aromatic carbocycles. The number of hydrogen-bond acceptors (Lipinski definition) is 2. The topological polar surface area (TPSA) is 59.6 Å². The summed E-state index contributed by atoms with van der Waals surface area (Å²) in [5.74, 6) is 1.51. The zero-order valence-corrected chi connectivity index (χ0v) is 13.0. The van der Waals surface area contributed by atoms with Gasteiger partial charge in [0.15, 0.2) is 5.96 Å². The van der Waals surface area contributed by atoms with Gasteiger partial charge in [-0.1, -0.05) is 31.4 Å². The van der Waals surface area contributed by atoms with E-state index < -0.39 is 0 Å². The lowest BCUT2D eigenvalue weighted by Crippen LogP contribution is -2.41. The van der Waals surface area contributed by atoms with Crippen LogP contribution in [0.25, 0.3) is 0 Å². The Morgan fingerprint density at radius 2 is 2.14 bits per heavy atom. The van der Waals surface area contributed by atoms with Crippen molar-refractivity contribution < 1.29 is 4.74 Å². The molecular weight excluding hydrogens is 262 g/mol. The van der Waals surface area contributed by atoms with E-state index in [-0.39, 0.29) is 0 Å². The number of nitrogens with one attached hydrogen (secondary N) is 1. The maximum absolute atomic E-state index is 5.96. The first-order valence-electron chi connectivity index (χ1n) is 8.06. The highest BCUT2D eigenvalue weighted by Crippen LogP contribution is 2.17. The molecule has 4 heteroatoms. The second-order valence-corrected chi connectivity index (χ2v) is 5.58. The Kier molecular flexibility index (Phi) is 6.38. The molecule has 3 N–H and O–H groups in total. The largest absolute Gasteiger partial charge is 0.494 e. The van der Waals surface area contributed by atoms with Crippen molar-refractivity contribution in [1.29, 1.82) is 0 Å². The summed E-state index contributed by atoms with van der Waals surface area (Å²) < 4.78 is 5.50. The molecule has 1 saturated carbocycles. The predicted molar refractivity (Wildman–Crippen MR) is 87.8 cm³/mol. The Morgan fingerprint density at radius 3 is 2.90 bits per heavy atom. The van der Waals surface area contributed by atoms with Gasteiger partial charge in [0.05, 0.1) is 6.61 Å². The van der Waals surface area contributed by atoms with Crippen molar-refractivity contribution in [3.8, 4) is 5.75 Å². The minimum Gasteiger partial charge on any atom is -0.494 e. The monoisotopic (exact) mass is 289 g/mol. The van der Waals surface area contributed by atoms with E-state index in [1.165, 1.54) is 37.7 Å². The van der Waals surface area contributed by atoms with Crippen LogP contribution >= 0.6 is 0 Å². The number of benzene rings is 1. The molecule has 1 aromatic rings. The maximum atomic E-state index is 5.96. The van der Waals surface area contributed by atoms with E-state index in [1.807, 2.05) is 19.1 Å². The van der Waals surface area contributed by atoms with Crippen LogP contribution in [0.3, 0.4) is 0 Å². The molecule has 0 heterocycles. The van der Waals surface area contributed by atoms with Gasteiger partial charge in [0.2, 0.25) is 0 Å². The highest BCUT2D eigenvalue weighted by atomic mass is 16.5. The van der Waals surface area contributed by atoms with Crippen LogP contribution in [0.1, 0.15) is 44.6 Å². The SMILES string of the molecule is CCOc1cccc(CCN=C(N)NC2CCCCC2)c1. The zero-order valence-electron chi connectivity index (χ0n) is 13.0. The number of rotatable bonds is 6. The average molecular weight is 289 g/mol. The van der Waals surface area contributed by atoms with Crippen LogP contribution < -0.4 is 15.8 Å². The first kappa shape index (κ1) is 15.7. The van der Waals surface area contributed by atoms with Gasteiger partial charge < -0.3 is 15.8 Å². The summed E-state index contributed by atoms with van der Waals surface area (Å²) in [6.45, 7) is 3.40. The highest BCUT2D eigenvalue weighted by molar-refractivity contribution is 5.78. The van der Waals surface area contributed by atoms with Gasteiger partial charge in [0.1, 0.15) is 5.75 Å².